The van der Waals surface area contributed by atoms with Crippen LogP contribution in [0.5, 0.6) is 11.5 Å². The van der Waals surface area contributed by atoms with Gasteiger partial charge < -0.3 is 18.9 Å². The Morgan fingerprint density at radius 3 is 2.25 bits per heavy atom. The molecule has 2 rings (SSSR count). The molecule has 1 aromatic rings. The molecule has 1 heterocycles. The van der Waals surface area contributed by atoms with Crippen LogP contribution in [0.4, 0.5) is 0 Å². The highest BCUT2D eigenvalue weighted by molar-refractivity contribution is 6.33. The van der Waals surface area contributed by atoms with Crippen LogP contribution in [-0.2, 0) is 9.47 Å². The van der Waals surface area contributed by atoms with Crippen LogP contribution in [0.15, 0.2) is 12.1 Å². The highest BCUT2D eigenvalue weighted by Crippen LogP contribution is 2.31. The van der Waals surface area contributed by atoms with Crippen molar-refractivity contribution in [1.29, 1.82) is 0 Å². The summed E-state index contributed by atoms with van der Waals surface area (Å²) in [6.07, 6.45) is -0.403. The van der Waals surface area contributed by atoms with Crippen molar-refractivity contribution in [2.45, 2.75) is 6.29 Å². The minimum Gasteiger partial charge on any atom is -0.493 e. The first-order chi connectivity index (χ1) is 7.76. The van der Waals surface area contributed by atoms with Crippen LogP contribution < -0.4 is 14.9 Å². The Labute approximate surface area is 95.9 Å². The van der Waals surface area contributed by atoms with E-state index in [2.05, 4.69) is 0 Å². The summed E-state index contributed by atoms with van der Waals surface area (Å²) in [6, 6.07) is 3.49. The highest BCUT2D eigenvalue weighted by atomic mass is 16.7. The fraction of sp³-hybridized carbons (Fsp3) is 0.455. The maximum absolute atomic E-state index is 5.90. The van der Waals surface area contributed by atoms with E-state index >= 15 is 0 Å². The summed E-state index contributed by atoms with van der Waals surface area (Å²) in [4.78, 5) is 0. The molecule has 0 aliphatic carbocycles. The number of hydrogen-bond donors (Lipinski definition) is 0. The van der Waals surface area contributed by atoms with Gasteiger partial charge in [0.2, 0.25) is 0 Å². The zero-order valence-electron chi connectivity index (χ0n) is 9.36. The topological polar surface area (TPSA) is 36.9 Å². The number of hydrogen-bond acceptors (Lipinski definition) is 4. The molecule has 0 aromatic heterocycles. The molecule has 1 fully saturated rings. The molecule has 1 aromatic carbocycles. The van der Waals surface area contributed by atoms with Crippen LogP contribution in [-0.4, -0.2) is 35.3 Å². The molecule has 1 aliphatic heterocycles. The molecule has 84 valence electrons. The first-order valence-electron chi connectivity index (χ1n) is 5.01. The van der Waals surface area contributed by atoms with Gasteiger partial charge in [-0.25, -0.2) is 0 Å². The summed E-state index contributed by atoms with van der Waals surface area (Å²) in [5.74, 6) is 1.22. The van der Waals surface area contributed by atoms with E-state index in [1.807, 2.05) is 0 Å². The van der Waals surface area contributed by atoms with Crippen LogP contribution in [0.25, 0.3) is 0 Å². The lowest BCUT2D eigenvalue weighted by Crippen LogP contribution is -2.16. The Kier molecular flexibility index (Phi) is 3.36. The smallest absolute Gasteiger partial charge is 0.183 e. The highest BCUT2D eigenvalue weighted by Gasteiger charge is 2.21. The Morgan fingerprint density at radius 2 is 1.69 bits per heavy atom. The molecule has 2 radical (unpaired) electrons. The SMILES string of the molecule is [B]c1cc(OC)c(OC)cc1C1OCCO1. The fourth-order valence-electron chi connectivity index (χ4n) is 1.65. The van der Waals surface area contributed by atoms with Gasteiger partial charge in [0, 0.05) is 5.56 Å². The normalized spacial score (nSPS) is 16.4. The second-order valence-electron chi connectivity index (χ2n) is 3.41. The van der Waals surface area contributed by atoms with Crippen molar-refractivity contribution in [3.63, 3.8) is 0 Å². The quantitative estimate of drug-likeness (QED) is 0.696. The van der Waals surface area contributed by atoms with Crippen LogP contribution in [0, 0.1) is 0 Å². The summed E-state index contributed by atoms with van der Waals surface area (Å²) in [7, 11) is 9.05. The third kappa shape index (κ3) is 2.01. The van der Waals surface area contributed by atoms with Gasteiger partial charge in [0.15, 0.2) is 17.8 Å². The molecule has 0 N–H and O–H groups in total. The van der Waals surface area contributed by atoms with Gasteiger partial charge in [-0.1, -0.05) is 5.46 Å². The molecule has 1 aliphatic rings. The number of ether oxygens (including phenoxy) is 4. The molecule has 0 atom stereocenters. The van der Waals surface area contributed by atoms with Crippen molar-refractivity contribution in [1.82, 2.24) is 0 Å². The summed E-state index contributed by atoms with van der Waals surface area (Å²) >= 11 is 0. The second-order valence-corrected chi connectivity index (χ2v) is 3.41. The van der Waals surface area contributed by atoms with Gasteiger partial charge in [-0.05, 0) is 12.1 Å². The van der Waals surface area contributed by atoms with E-state index < -0.39 is 6.29 Å². The molecule has 0 amide bonds. The van der Waals surface area contributed by atoms with Crippen LogP contribution in [0.2, 0.25) is 0 Å². The average Bonchev–Trinajstić information content (AvgIpc) is 2.82. The van der Waals surface area contributed by atoms with Crippen molar-refractivity contribution in [3.8, 4) is 11.5 Å². The fourth-order valence-corrected chi connectivity index (χ4v) is 1.65. The lowest BCUT2D eigenvalue weighted by atomic mass is 9.89. The van der Waals surface area contributed by atoms with Gasteiger partial charge in [-0.2, -0.15) is 0 Å². The molecule has 0 saturated carbocycles. The molecule has 1 saturated heterocycles. The Balaban J connectivity index is 2.37. The third-order valence-corrected chi connectivity index (χ3v) is 2.46. The van der Waals surface area contributed by atoms with Gasteiger partial charge in [0.05, 0.1) is 27.4 Å². The molecular weight excluding hydrogens is 207 g/mol. The standard InChI is InChI=1S/C11H13BO4/c1-13-9-5-7(11-15-3-4-16-11)8(12)6-10(9)14-2/h5-6,11H,3-4H2,1-2H3. The summed E-state index contributed by atoms with van der Waals surface area (Å²) in [5.41, 5.74) is 1.35. The second kappa shape index (κ2) is 4.76. The maximum Gasteiger partial charge on any atom is 0.183 e. The minimum atomic E-state index is -0.403. The molecular formula is C11H13BO4. The van der Waals surface area contributed by atoms with E-state index in [0.717, 1.165) is 5.56 Å². The number of rotatable bonds is 3. The average molecular weight is 220 g/mol. The summed E-state index contributed by atoms with van der Waals surface area (Å²) < 4.78 is 21.1. The van der Waals surface area contributed by atoms with Gasteiger partial charge in [-0.15, -0.1) is 0 Å². The molecule has 0 spiro atoms. The van der Waals surface area contributed by atoms with Crippen molar-refractivity contribution in [2.24, 2.45) is 0 Å². The van der Waals surface area contributed by atoms with E-state index in [-0.39, 0.29) is 0 Å². The Morgan fingerprint density at radius 1 is 1.12 bits per heavy atom. The Hall–Kier alpha value is -1.20. The van der Waals surface area contributed by atoms with Crippen LogP contribution >= 0.6 is 0 Å². The van der Waals surface area contributed by atoms with E-state index in [1.165, 1.54) is 0 Å². The third-order valence-electron chi connectivity index (χ3n) is 2.46. The summed E-state index contributed by atoms with van der Waals surface area (Å²) in [5, 5.41) is 0. The first kappa shape index (κ1) is 11.3. The van der Waals surface area contributed by atoms with E-state index in [0.29, 0.717) is 30.2 Å². The van der Waals surface area contributed by atoms with Gasteiger partial charge >= 0.3 is 0 Å². The van der Waals surface area contributed by atoms with E-state index in [9.17, 15) is 0 Å². The molecule has 16 heavy (non-hydrogen) atoms. The monoisotopic (exact) mass is 220 g/mol. The molecule has 0 unspecified atom stereocenters. The van der Waals surface area contributed by atoms with Crippen molar-refractivity contribution in [3.05, 3.63) is 17.7 Å². The number of benzene rings is 1. The predicted octanol–water partition coefficient (Wildman–Crippen LogP) is 0.543. The van der Waals surface area contributed by atoms with E-state index in [1.54, 1.807) is 26.4 Å². The van der Waals surface area contributed by atoms with Crippen molar-refractivity contribution in [2.75, 3.05) is 27.4 Å². The lowest BCUT2D eigenvalue weighted by Gasteiger charge is -2.16. The number of methoxy groups -OCH3 is 2. The van der Waals surface area contributed by atoms with Gasteiger partial charge in [0.25, 0.3) is 0 Å². The van der Waals surface area contributed by atoms with Gasteiger partial charge in [-0.3, -0.25) is 0 Å². The van der Waals surface area contributed by atoms with Crippen LogP contribution in [0.3, 0.4) is 0 Å². The Bertz CT molecular complexity index is 374. The van der Waals surface area contributed by atoms with Gasteiger partial charge in [0.1, 0.15) is 7.85 Å². The molecule has 5 heteroatoms. The van der Waals surface area contributed by atoms with Crippen molar-refractivity contribution < 1.29 is 18.9 Å². The molecule has 0 bridgehead atoms. The van der Waals surface area contributed by atoms with Crippen LogP contribution in [0.1, 0.15) is 11.9 Å². The summed E-state index contributed by atoms with van der Waals surface area (Å²) in [6.45, 7) is 1.16. The largest absolute Gasteiger partial charge is 0.493 e. The lowest BCUT2D eigenvalue weighted by molar-refractivity contribution is -0.0434. The minimum absolute atomic E-state index is 0.403. The zero-order valence-corrected chi connectivity index (χ0v) is 9.36. The zero-order chi connectivity index (χ0) is 11.5. The molecule has 4 nitrogen and oxygen atoms in total. The van der Waals surface area contributed by atoms with Crippen molar-refractivity contribution >= 4 is 13.3 Å². The first-order valence-corrected chi connectivity index (χ1v) is 5.01. The van der Waals surface area contributed by atoms with E-state index in [4.69, 9.17) is 26.8 Å². The maximum atomic E-state index is 5.90. The predicted molar refractivity (Wildman–Crippen MR) is 59.6 cm³/mol.